The number of nitrogens with zero attached hydrogens (tertiary/aromatic N) is 1. The molecule has 26 heavy (non-hydrogen) atoms. The van der Waals surface area contributed by atoms with Gasteiger partial charge in [0.1, 0.15) is 5.75 Å². The molecule has 3 aromatic rings. The lowest BCUT2D eigenvalue weighted by atomic mass is 10.0. The fourth-order valence-corrected chi connectivity index (χ4v) is 2.49. The number of hydrogen-bond acceptors (Lipinski definition) is 3. The van der Waals surface area contributed by atoms with E-state index in [1.165, 1.54) is 0 Å². The van der Waals surface area contributed by atoms with Crippen LogP contribution in [0.4, 0.5) is 0 Å². The van der Waals surface area contributed by atoms with E-state index in [1.54, 1.807) is 18.3 Å². The van der Waals surface area contributed by atoms with Crippen molar-refractivity contribution in [3.05, 3.63) is 90.0 Å². The van der Waals surface area contributed by atoms with Crippen LogP contribution >= 0.6 is 0 Å². The van der Waals surface area contributed by atoms with Crippen molar-refractivity contribution in [2.24, 2.45) is 5.10 Å². The highest BCUT2D eigenvalue weighted by molar-refractivity contribution is 5.95. The van der Waals surface area contributed by atoms with Gasteiger partial charge in [0, 0.05) is 5.56 Å². The van der Waals surface area contributed by atoms with Gasteiger partial charge in [-0.15, -0.1) is 0 Å². The molecule has 0 spiro atoms. The molecule has 1 amide bonds. The predicted molar refractivity (Wildman–Crippen MR) is 105 cm³/mol. The van der Waals surface area contributed by atoms with Crippen LogP contribution in [0.1, 0.15) is 22.8 Å². The molecular formula is C22H20N2O2. The molecule has 0 heterocycles. The van der Waals surface area contributed by atoms with E-state index in [2.05, 4.69) is 10.5 Å². The van der Waals surface area contributed by atoms with E-state index < -0.39 is 0 Å². The second kappa shape index (κ2) is 8.62. The third kappa shape index (κ3) is 4.57. The van der Waals surface area contributed by atoms with E-state index in [-0.39, 0.29) is 5.91 Å². The third-order valence-corrected chi connectivity index (χ3v) is 3.83. The maximum atomic E-state index is 12.2. The molecule has 0 aliphatic carbocycles. The van der Waals surface area contributed by atoms with E-state index in [1.807, 2.05) is 73.7 Å². The highest BCUT2D eigenvalue weighted by Gasteiger charge is 2.04. The number of nitrogens with one attached hydrogen (secondary N) is 1. The summed E-state index contributed by atoms with van der Waals surface area (Å²) >= 11 is 0. The Morgan fingerprint density at radius 3 is 2.23 bits per heavy atom. The number of benzene rings is 3. The van der Waals surface area contributed by atoms with Crippen LogP contribution in [-0.4, -0.2) is 18.7 Å². The molecule has 0 aromatic heterocycles. The summed E-state index contributed by atoms with van der Waals surface area (Å²) in [7, 11) is 0. The molecule has 4 heteroatoms. The topological polar surface area (TPSA) is 50.7 Å². The summed E-state index contributed by atoms with van der Waals surface area (Å²) in [5.74, 6) is 0.569. The number of rotatable bonds is 6. The Kier molecular flexibility index (Phi) is 5.78. The van der Waals surface area contributed by atoms with E-state index in [0.717, 1.165) is 22.4 Å². The zero-order valence-corrected chi connectivity index (χ0v) is 14.6. The van der Waals surface area contributed by atoms with Crippen LogP contribution in [0.2, 0.25) is 0 Å². The zero-order valence-electron chi connectivity index (χ0n) is 14.6. The van der Waals surface area contributed by atoms with E-state index in [0.29, 0.717) is 12.2 Å². The third-order valence-electron chi connectivity index (χ3n) is 3.83. The van der Waals surface area contributed by atoms with E-state index in [4.69, 9.17) is 4.74 Å². The maximum absolute atomic E-state index is 12.2. The standard InChI is InChI=1S/C22H20N2O2/c1-2-26-21-14-8-17(9-15-21)16-23-24-22(25)20-12-10-19(11-13-20)18-6-4-3-5-7-18/h3-16H,2H2,1H3,(H,24,25)/b23-16-. The van der Waals surface area contributed by atoms with Gasteiger partial charge in [-0.3, -0.25) is 4.79 Å². The van der Waals surface area contributed by atoms with Gasteiger partial charge in [-0.2, -0.15) is 5.10 Å². The molecule has 0 aliphatic heterocycles. The van der Waals surface area contributed by atoms with Gasteiger partial charge >= 0.3 is 0 Å². The van der Waals surface area contributed by atoms with Gasteiger partial charge in [-0.1, -0.05) is 42.5 Å². The van der Waals surface area contributed by atoms with Crippen LogP contribution in [0.15, 0.2) is 84.0 Å². The minimum Gasteiger partial charge on any atom is -0.494 e. The van der Waals surface area contributed by atoms with Crippen molar-refractivity contribution in [1.82, 2.24) is 5.43 Å². The summed E-state index contributed by atoms with van der Waals surface area (Å²) < 4.78 is 5.39. The number of carbonyl (C=O) groups is 1. The first-order chi connectivity index (χ1) is 12.8. The highest BCUT2D eigenvalue weighted by atomic mass is 16.5. The average molecular weight is 344 g/mol. The van der Waals surface area contributed by atoms with Crippen molar-refractivity contribution in [3.63, 3.8) is 0 Å². The summed E-state index contributed by atoms with van der Waals surface area (Å²) in [6.45, 7) is 2.57. The molecule has 130 valence electrons. The van der Waals surface area contributed by atoms with Crippen LogP contribution in [0.3, 0.4) is 0 Å². The van der Waals surface area contributed by atoms with E-state index in [9.17, 15) is 4.79 Å². The van der Waals surface area contributed by atoms with Crippen molar-refractivity contribution in [1.29, 1.82) is 0 Å². The number of hydrogen-bond donors (Lipinski definition) is 1. The lowest BCUT2D eigenvalue weighted by molar-refractivity contribution is 0.0955. The molecule has 0 saturated heterocycles. The van der Waals surface area contributed by atoms with Crippen LogP contribution in [0, 0.1) is 0 Å². The van der Waals surface area contributed by atoms with Crippen molar-refractivity contribution >= 4 is 12.1 Å². The molecule has 3 rings (SSSR count). The van der Waals surface area contributed by atoms with E-state index >= 15 is 0 Å². The first kappa shape index (κ1) is 17.4. The van der Waals surface area contributed by atoms with Crippen molar-refractivity contribution in [2.45, 2.75) is 6.92 Å². The lowest BCUT2D eigenvalue weighted by Gasteiger charge is -2.04. The molecule has 0 aliphatic rings. The fraction of sp³-hybridized carbons (Fsp3) is 0.0909. The minimum atomic E-state index is -0.244. The summed E-state index contributed by atoms with van der Waals surface area (Å²) in [6, 6.07) is 25.0. The number of amides is 1. The van der Waals surface area contributed by atoms with Gasteiger partial charge in [-0.25, -0.2) is 5.43 Å². The fourth-order valence-electron chi connectivity index (χ4n) is 2.49. The molecule has 0 atom stereocenters. The number of ether oxygens (including phenoxy) is 1. The van der Waals surface area contributed by atoms with Crippen molar-refractivity contribution in [3.8, 4) is 16.9 Å². The van der Waals surface area contributed by atoms with Gasteiger partial charge < -0.3 is 4.74 Å². The first-order valence-electron chi connectivity index (χ1n) is 8.48. The Morgan fingerprint density at radius 2 is 1.58 bits per heavy atom. The van der Waals surface area contributed by atoms with Crippen molar-refractivity contribution in [2.75, 3.05) is 6.61 Å². The van der Waals surface area contributed by atoms with Gasteiger partial charge in [0.05, 0.1) is 12.8 Å². The monoisotopic (exact) mass is 344 g/mol. The number of hydrazone groups is 1. The lowest BCUT2D eigenvalue weighted by Crippen LogP contribution is -2.17. The normalized spacial score (nSPS) is 10.7. The smallest absolute Gasteiger partial charge is 0.271 e. The Balaban J connectivity index is 1.59. The average Bonchev–Trinajstić information content (AvgIpc) is 2.70. The quantitative estimate of drug-likeness (QED) is 0.528. The van der Waals surface area contributed by atoms with Gasteiger partial charge in [0.15, 0.2) is 0 Å². The Hall–Kier alpha value is -3.40. The summed E-state index contributed by atoms with van der Waals surface area (Å²) in [6.07, 6.45) is 1.60. The second-order valence-corrected chi connectivity index (χ2v) is 5.64. The molecule has 4 nitrogen and oxygen atoms in total. The molecule has 1 N–H and O–H groups in total. The summed E-state index contributed by atoms with van der Waals surface area (Å²) in [4.78, 5) is 12.2. The van der Waals surface area contributed by atoms with Crippen LogP contribution in [-0.2, 0) is 0 Å². The highest BCUT2D eigenvalue weighted by Crippen LogP contribution is 2.19. The molecule has 0 bridgehead atoms. The Labute approximate surface area is 153 Å². The Morgan fingerprint density at radius 1 is 0.923 bits per heavy atom. The molecule has 0 radical (unpaired) electrons. The molecule has 3 aromatic carbocycles. The first-order valence-corrected chi connectivity index (χ1v) is 8.48. The predicted octanol–water partition coefficient (Wildman–Crippen LogP) is 4.52. The molecule has 0 saturated carbocycles. The minimum absolute atomic E-state index is 0.244. The number of carbonyl (C=O) groups excluding carboxylic acids is 1. The van der Waals surface area contributed by atoms with Gasteiger partial charge in [-0.05, 0) is 60.0 Å². The molecule has 0 fully saturated rings. The SMILES string of the molecule is CCOc1ccc(/C=N\NC(=O)c2ccc(-c3ccccc3)cc2)cc1. The molecular weight excluding hydrogens is 324 g/mol. The van der Waals surface area contributed by atoms with Crippen LogP contribution in [0.5, 0.6) is 5.75 Å². The van der Waals surface area contributed by atoms with Crippen LogP contribution < -0.4 is 10.2 Å². The van der Waals surface area contributed by atoms with Gasteiger partial charge in [0.2, 0.25) is 0 Å². The molecule has 0 unspecified atom stereocenters. The van der Waals surface area contributed by atoms with Crippen molar-refractivity contribution < 1.29 is 9.53 Å². The second-order valence-electron chi connectivity index (χ2n) is 5.64. The zero-order chi connectivity index (χ0) is 18.2. The van der Waals surface area contributed by atoms with Crippen LogP contribution in [0.25, 0.3) is 11.1 Å². The van der Waals surface area contributed by atoms with Gasteiger partial charge in [0.25, 0.3) is 5.91 Å². The summed E-state index contributed by atoms with van der Waals surface area (Å²) in [5.41, 5.74) is 6.18. The largest absolute Gasteiger partial charge is 0.494 e. The maximum Gasteiger partial charge on any atom is 0.271 e. The summed E-state index contributed by atoms with van der Waals surface area (Å²) in [5, 5.41) is 4.01. The Bertz CT molecular complexity index is 870.